The predicted molar refractivity (Wildman–Crippen MR) is 559 cm³/mol. The van der Waals surface area contributed by atoms with Gasteiger partial charge in [0.15, 0.2) is 0 Å². The number of piperidine rings is 5. The SMILES string of the molecule is C.CC(=O)OOC(C)=O.CC1(C)C(=O)N(Br)C(=O)N1Br.COC(=O)/C=C/C1(c2ccccc2)CCN(C2CCCC2)CC1.COC(=O)CCC1(c2ccccc2)CCN(C2CCCC2)CC1.COC(=O)CP(=O)(OC)OC.N#CC1(c2ccccc2)CCN(C2CCCC2)CC1.N#CC1(c2ccccc2)CCNCC1.O=C1CCCC1.O=CC1(c2ccccc2)CCN(C2CCCC2)CC1.[2HH].[B-]OC(C)=O.[B].[H-].[Na+].[Na+]. The number of benzene rings is 5. The largest absolute Gasteiger partial charge is 1.00 e. The minimum Gasteiger partial charge on any atom is -1.00 e. The maximum atomic E-state index is 11.7. The Labute approximate surface area is 919 Å². The number of hydrogen-bond acceptors (Lipinski definition) is 26. The number of carbonyl (C=O) groups excluding carboxylic acids is 10. The topological polar surface area (TPSA) is 341 Å². The third-order valence-electron chi connectivity index (χ3n) is 29.0. The van der Waals surface area contributed by atoms with Crippen LogP contribution < -0.4 is 64.4 Å². The van der Waals surface area contributed by atoms with Crippen LogP contribution in [0.3, 0.4) is 0 Å². The second-order valence-electron chi connectivity index (χ2n) is 37.9. The van der Waals surface area contributed by atoms with Gasteiger partial charge >= 0.3 is 103 Å². The van der Waals surface area contributed by atoms with Crippen molar-refractivity contribution in [2.75, 3.05) is 107 Å². The first kappa shape index (κ1) is 130. The van der Waals surface area contributed by atoms with Gasteiger partial charge in [-0.15, -0.1) is 0 Å². The Balaban J connectivity index is 0.000000824. The number of halogens is 2. The van der Waals surface area contributed by atoms with E-state index in [4.69, 9.17) is 9.47 Å². The number of nitrogens with zero attached hydrogens (tertiary/aromatic N) is 8. The first-order valence-electron chi connectivity index (χ1n) is 49.4. The summed E-state index contributed by atoms with van der Waals surface area (Å²) in [6, 6.07) is 60.2. The Bertz CT molecular complexity index is 4730. The van der Waals surface area contributed by atoms with E-state index in [1.807, 2.05) is 42.5 Å². The molecule has 5 aliphatic carbocycles. The summed E-state index contributed by atoms with van der Waals surface area (Å²) in [6.45, 7) is 17.6. The van der Waals surface area contributed by atoms with Gasteiger partial charge in [0.1, 0.15) is 23.8 Å². The molecule has 16 rings (SSSR count). The molecule has 6 heterocycles. The minimum absolute atomic E-state index is 0. The molecule has 6 aliphatic heterocycles. The van der Waals surface area contributed by atoms with Gasteiger partial charge in [-0.3, -0.25) is 28.5 Å². The summed E-state index contributed by atoms with van der Waals surface area (Å²) < 4.78 is 39.8. The van der Waals surface area contributed by atoms with E-state index in [1.165, 1.54) is 196 Å². The molecule has 0 aromatic heterocycles. The van der Waals surface area contributed by atoms with Gasteiger partial charge in [0.25, 0.3) is 5.91 Å². The van der Waals surface area contributed by atoms with Gasteiger partial charge in [-0.1, -0.05) is 217 Å². The average molecular weight is 2140 g/mol. The number of methoxy groups -OCH3 is 3. The van der Waals surface area contributed by atoms with E-state index in [0.717, 1.165) is 191 Å². The van der Waals surface area contributed by atoms with Gasteiger partial charge in [-0.2, -0.15) is 14.4 Å². The van der Waals surface area contributed by atoms with Crippen molar-refractivity contribution in [1.82, 2.24) is 32.8 Å². The zero-order valence-corrected chi connectivity index (χ0v) is 94.1. The Morgan fingerprint density at radius 2 is 0.804 bits per heavy atom. The molecule has 28 nitrogen and oxygen atoms in total. The third kappa shape index (κ3) is 41.1. The average Bonchev–Trinajstić information content (AvgIpc) is 1.55. The van der Waals surface area contributed by atoms with Crippen LogP contribution in [0.2, 0.25) is 0 Å². The first-order chi connectivity index (χ1) is 66.8. The number of esters is 3. The fraction of sp³-hybridized carbons (Fsp3) is 0.593. The number of ether oxygens (including phenoxy) is 3. The van der Waals surface area contributed by atoms with E-state index >= 15 is 0 Å². The van der Waals surface area contributed by atoms with Crippen molar-refractivity contribution in [3.8, 4) is 12.1 Å². The van der Waals surface area contributed by atoms with Crippen LogP contribution >= 0.6 is 39.9 Å². The Kier molecular flexibility index (Phi) is 61.7. The summed E-state index contributed by atoms with van der Waals surface area (Å²) >= 11 is 5.84. The normalized spacial score (nSPS) is 19.8. The summed E-state index contributed by atoms with van der Waals surface area (Å²) in [5.41, 5.74) is 4.89. The van der Waals surface area contributed by atoms with E-state index in [-0.39, 0.29) is 129 Å². The van der Waals surface area contributed by atoms with Crippen molar-refractivity contribution in [2.24, 2.45) is 0 Å². The van der Waals surface area contributed by atoms with Crippen LogP contribution in [0.4, 0.5) is 4.79 Å². The van der Waals surface area contributed by atoms with Gasteiger partial charge in [0.05, 0.1) is 82.0 Å². The van der Waals surface area contributed by atoms with Crippen LogP contribution in [0.25, 0.3) is 0 Å². The molecular weight excluding hydrogens is 1990 g/mol. The van der Waals surface area contributed by atoms with Crippen LogP contribution in [0, 0.1) is 22.7 Å². The van der Waals surface area contributed by atoms with E-state index in [2.05, 4.69) is 221 Å². The molecule has 11 fully saturated rings. The third-order valence-corrected chi connectivity index (χ3v) is 32.6. The molecule has 0 spiro atoms. The van der Waals surface area contributed by atoms with E-state index in [1.54, 1.807) is 19.9 Å². The molecule has 0 unspecified atom stereocenters. The number of likely N-dealkylation sites (tertiary alicyclic amines) is 4. The number of Topliss-reactive ketones (excluding diaryl/α,β-unsaturated/α-hetero) is 1. The van der Waals surface area contributed by atoms with Crippen molar-refractivity contribution in [2.45, 2.75) is 304 Å². The quantitative estimate of drug-likeness (QED) is 0.00766. The monoisotopic (exact) mass is 2140 g/mol. The Hall–Kier alpha value is -7.04. The molecular formula is C108H156B2Br2N9Na2O19P. The second-order valence-corrected chi connectivity index (χ2v) is 41.6. The maximum Gasteiger partial charge on any atom is 1.00 e. The minimum atomic E-state index is -3.23. The number of amides is 3. The number of rotatable bonds is 19. The predicted octanol–water partition coefficient (Wildman–Crippen LogP) is 13.8. The molecule has 5 aromatic rings. The van der Waals surface area contributed by atoms with E-state index in [0.29, 0.717) is 12.2 Å². The van der Waals surface area contributed by atoms with Crippen molar-refractivity contribution < 1.29 is 152 Å². The van der Waals surface area contributed by atoms with Crippen LogP contribution in [-0.2, 0) is 112 Å². The molecule has 3 amide bonds. The van der Waals surface area contributed by atoms with Gasteiger partial charge in [-0.05, 0) is 234 Å². The summed E-state index contributed by atoms with van der Waals surface area (Å²) in [6.07, 6.45) is 42.2. The smallest absolute Gasteiger partial charge is 1.00 e. The molecule has 143 heavy (non-hydrogen) atoms. The number of imide groups is 1. The molecule has 5 saturated carbocycles. The van der Waals surface area contributed by atoms with Gasteiger partial charge in [0.2, 0.25) is 5.97 Å². The summed E-state index contributed by atoms with van der Waals surface area (Å²) in [7, 11) is 7.65. The molecule has 11 aliphatic rings. The van der Waals surface area contributed by atoms with Crippen molar-refractivity contribution in [1.29, 1.82) is 10.5 Å². The number of allylic oxidation sites excluding steroid dienone is 1. The van der Waals surface area contributed by atoms with Crippen molar-refractivity contribution in [3.63, 3.8) is 0 Å². The molecule has 0 bridgehead atoms. The van der Waals surface area contributed by atoms with E-state index < -0.39 is 43.0 Å². The molecule has 6 saturated heterocycles. The number of carbonyl (C=O) groups is 10. The van der Waals surface area contributed by atoms with Crippen LogP contribution in [0.5, 0.6) is 0 Å². The summed E-state index contributed by atoms with van der Waals surface area (Å²) in [4.78, 5) is 125. The maximum absolute atomic E-state index is 11.7. The van der Waals surface area contributed by atoms with Crippen LogP contribution in [-0.4, -0.2) is 241 Å². The zero-order chi connectivity index (χ0) is 101. The fourth-order valence-electron chi connectivity index (χ4n) is 20.4. The summed E-state index contributed by atoms with van der Waals surface area (Å²) in [5, 5.41) is 22.3. The molecule has 774 valence electrons. The fourth-order valence-corrected chi connectivity index (χ4v) is 22.3. The number of ketones is 1. The van der Waals surface area contributed by atoms with Gasteiger partial charge in [-0.25, -0.2) is 32.9 Å². The number of aldehydes is 1. The Morgan fingerprint density at radius 1 is 0.483 bits per heavy atom. The van der Waals surface area contributed by atoms with Crippen molar-refractivity contribution >= 4 is 116 Å². The number of hydrogen-bond donors (Lipinski definition) is 1. The molecule has 35 heteroatoms. The first-order valence-corrected chi connectivity index (χ1v) is 52.5. The number of nitriles is 2. The molecule has 1 N–H and O–H groups in total. The van der Waals surface area contributed by atoms with Gasteiger partial charge in [0, 0.05) is 113 Å². The number of nitrogens with one attached hydrogen (secondary N) is 1. The standard InChI is InChI=1S/C20H29NO2.C20H27NO2.C17H22N2.C17H23NO.C12H14N2.C5H6Br2N2O2.C5H11O5P.C5H8O.C4H6O4.C2H3BO2.CH4.B.2Na.H2.H/c2*1-23-19(22)11-12-20(17-7-3-2-4-8-17)13-15-21(16-14-20)18-9-5-6-10-18;18-14-17(15-6-2-1-3-7-15)10-12-19(13-11-17)16-8-4-5-9-16;19-14-17(15-6-2-1-3-7-15)10-12-18(13-11-17)16-8-4-5-9-16;13-10-12(6-8-14-9-7-12)11-4-2-1-3-5-11;1-5(2)3(10)8(6)4(11)9(5)7;1-8-5(6)4-11(7,9-2)10-3;6-5-3-1-2-4-5;1-3(5)7-8-4(2)6;1-2(4)5-3;;;;;;/h2-4,7-8,18H,5-6,9-16H2,1H3;2-4,7-8,11-12,18H,5-6,9-10,13-16H2,1H3;1-3,6-7,16H,4-5,8-13H2;1-3,6-7,14,16H,4-5,8-13H2;1-5,14H,6-9H2;1-2H3;4H2,1-3H3;1-4H2;1-2H3;1H3;1H4;;;;1H;/q;;;;;;;;;-1;;;2*+1;;-1/b;12-11+;;;;;;;;;;;;;;/i;;;;;;;;;;;;;;1+1;. The molecule has 0 atom stereocenters. The van der Waals surface area contributed by atoms with Crippen LogP contribution in [0.1, 0.15) is 278 Å². The second kappa shape index (κ2) is 67.8. The van der Waals surface area contributed by atoms with Gasteiger partial charge < -0.3 is 67.1 Å². The molecule has 6 radical (unpaired) electrons. The van der Waals surface area contributed by atoms with E-state index in [9.17, 15) is 63.0 Å². The summed E-state index contributed by atoms with van der Waals surface area (Å²) in [5.74, 6) is -2.53. The number of urea groups is 1. The Morgan fingerprint density at radius 3 is 1.08 bits per heavy atom. The van der Waals surface area contributed by atoms with Crippen LogP contribution in [0.15, 0.2) is 164 Å². The molecule has 5 aromatic carbocycles. The van der Waals surface area contributed by atoms with Crippen molar-refractivity contribution in [3.05, 3.63) is 192 Å². The zero-order valence-electron chi connectivity index (χ0n) is 87.1.